The third-order valence-corrected chi connectivity index (χ3v) is 5.83. The first-order valence-corrected chi connectivity index (χ1v) is 9.41. The van der Waals surface area contributed by atoms with Crippen LogP contribution in [0.5, 0.6) is 0 Å². The molecule has 2 aromatic rings. The largest absolute Gasteiger partial charge is 0.326 e. The maximum absolute atomic E-state index is 14.2. The van der Waals surface area contributed by atoms with E-state index in [1.165, 1.54) is 6.07 Å². The summed E-state index contributed by atoms with van der Waals surface area (Å²) in [5, 5.41) is 0.758. The van der Waals surface area contributed by atoms with E-state index in [9.17, 15) is 4.39 Å². The second-order valence-corrected chi connectivity index (χ2v) is 7.30. The molecule has 0 radical (unpaired) electrons. The van der Waals surface area contributed by atoms with Crippen molar-refractivity contribution < 1.29 is 4.39 Å². The van der Waals surface area contributed by atoms with Gasteiger partial charge in [-0.25, -0.2) is 4.39 Å². The average molecular weight is 327 g/mol. The van der Waals surface area contributed by atoms with Gasteiger partial charge in [0.25, 0.3) is 0 Å². The van der Waals surface area contributed by atoms with Gasteiger partial charge in [0.15, 0.2) is 0 Å². The van der Waals surface area contributed by atoms with Gasteiger partial charge in [0.2, 0.25) is 0 Å². The first-order valence-electron chi connectivity index (χ1n) is 7.20. The molecule has 5 heteroatoms. The van der Waals surface area contributed by atoms with E-state index in [1.54, 1.807) is 17.4 Å². The van der Waals surface area contributed by atoms with E-state index >= 15 is 0 Å². The lowest BCUT2D eigenvalue weighted by molar-refractivity contribution is 0.248. The van der Waals surface area contributed by atoms with Crippen LogP contribution in [0.1, 0.15) is 23.8 Å². The van der Waals surface area contributed by atoms with Crippen LogP contribution in [-0.2, 0) is 13.1 Å². The zero-order chi connectivity index (χ0) is 15.4. The highest BCUT2D eigenvalue weighted by Gasteiger charge is 2.19. The van der Waals surface area contributed by atoms with Crippen LogP contribution in [0, 0.1) is 5.82 Å². The van der Waals surface area contributed by atoms with E-state index in [0.717, 1.165) is 39.2 Å². The van der Waals surface area contributed by atoms with Gasteiger partial charge in [-0.15, -0.1) is 11.3 Å². The Hall–Kier alpha value is -0.620. The smallest absolute Gasteiger partial charge is 0.132 e. The van der Waals surface area contributed by atoms with Crippen LogP contribution in [0.2, 0.25) is 0 Å². The van der Waals surface area contributed by atoms with Gasteiger partial charge in [-0.3, -0.25) is 4.90 Å². The van der Waals surface area contributed by atoms with Crippen molar-refractivity contribution in [2.75, 3.05) is 19.1 Å². The van der Waals surface area contributed by atoms with Crippen molar-refractivity contribution in [3.8, 4) is 0 Å². The zero-order valence-corrected chi connectivity index (χ0v) is 14.5. The number of fused-ring (bicyclic) bond motifs is 1. The topological polar surface area (TPSA) is 29.3 Å². The first-order chi connectivity index (χ1) is 10.1. The number of hydrogen-bond acceptors (Lipinski definition) is 4. The van der Waals surface area contributed by atoms with Crippen molar-refractivity contribution in [3.05, 3.63) is 34.5 Å². The molecule has 0 aliphatic heterocycles. The summed E-state index contributed by atoms with van der Waals surface area (Å²) in [6, 6.07) is 5.79. The third kappa shape index (κ3) is 3.59. The van der Waals surface area contributed by atoms with Crippen LogP contribution in [0.15, 0.2) is 18.2 Å². The molecule has 1 unspecified atom stereocenters. The van der Waals surface area contributed by atoms with Crippen LogP contribution in [0.3, 0.4) is 0 Å². The van der Waals surface area contributed by atoms with Gasteiger partial charge in [-0.2, -0.15) is 11.8 Å². The van der Waals surface area contributed by atoms with Crippen molar-refractivity contribution in [1.29, 1.82) is 0 Å². The quantitative estimate of drug-likeness (QED) is 0.831. The maximum atomic E-state index is 14.2. The van der Waals surface area contributed by atoms with Crippen LogP contribution in [0.25, 0.3) is 10.1 Å². The standard InChI is InChI=1S/C16H23FN2S2/c1-4-11(10-20-3)19(2)9-12-15(8-18)21-14-7-5-6-13(17)16(12)14/h5-7,11H,4,8-10,18H2,1-3H3. The first kappa shape index (κ1) is 16.7. The second-order valence-electron chi connectivity index (χ2n) is 5.25. The van der Waals surface area contributed by atoms with Crippen molar-refractivity contribution in [3.63, 3.8) is 0 Å². The summed E-state index contributed by atoms with van der Waals surface area (Å²) in [4.78, 5) is 3.42. The minimum Gasteiger partial charge on any atom is -0.326 e. The summed E-state index contributed by atoms with van der Waals surface area (Å²) < 4.78 is 15.2. The summed E-state index contributed by atoms with van der Waals surface area (Å²) >= 11 is 3.47. The highest BCUT2D eigenvalue weighted by Crippen LogP contribution is 2.34. The number of nitrogens with zero attached hydrogens (tertiary/aromatic N) is 1. The summed E-state index contributed by atoms with van der Waals surface area (Å²) in [7, 11) is 2.12. The van der Waals surface area contributed by atoms with E-state index in [1.807, 2.05) is 17.8 Å². The summed E-state index contributed by atoms with van der Waals surface area (Å²) in [5.41, 5.74) is 6.94. The number of hydrogen-bond donors (Lipinski definition) is 1. The summed E-state index contributed by atoms with van der Waals surface area (Å²) in [6.07, 6.45) is 3.22. The Kier molecular flexibility index (Phi) is 6.05. The number of halogens is 1. The molecule has 0 aliphatic carbocycles. The molecule has 1 aromatic carbocycles. The molecule has 1 aromatic heterocycles. The highest BCUT2D eigenvalue weighted by molar-refractivity contribution is 7.98. The number of thiophene rings is 1. The molecule has 0 bridgehead atoms. The fourth-order valence-electron chi connectivity index (χ4n) is 2.68. The van der Waals surface area contributed by atoms with Crippen molar-refractivity contribution in [2.24, 2.45) is 5.73 Å². The lowest BCUT2D eigenvalue weighted by Crippen LogP contribution is -2.33. The molecule has 0 aliphatic rings. The van der Waals surface area contributed by atoms with Crippen LogP contribution in [0.4, 0.5) is 4.39 Å². The molecule has 2 N–H and O–H groups in total. The normalized spacial score (nSPS) is 13.2. The highest BCUT2D eigenvalue weighted by atomic mass is 32.2. The second kappa shape index (κ2) is 7.58. The fourth-order valence-corrected chi connectivity index (χ4v) is 4.66. The predicted octanol–water partition coefficient (Wildman–Crippen LogP) is 4.07. The molecule has 0 saturated heterocycles. The van der Waals surface area contributed by atoms with Crippen LogP contribution < -0.4 is 5.73 Å². The molecule has 1 atom stereocenters. The molecule has 1 heterocycles. The SMILES string of the molecule is CCC(CSC)N(C)Cc1c(CN)sc2cccc(F)c12. The Morgan fingerprint density at radius 3 is 2.81 bits per heavy atom. The number of benzene rings is 1. The number of rotatable bonds is 7. The minimum atomic E-state index is -0.134. The van der Waals surface area contributed by atoms with Crippen LogP contribution >= 0.6 is 23.1 Å². The monoisotopic (exact) mass is 326 g/mol. The van der Waals surface area contributed by atoms with E-state index in [0.29, 0.717) is 12.6 Å². The molecular weight excluding hydrogens is 303 g/mol. The van der Waals surface area contributed by atoms with Gasteiger partial charge >= 0.3 is 0 Å². The number of thioether (sulfide) groups is 1. The van der Waals surface area contributed by atoms with E-state index in [4.69, 9.17) is 5.73 Å². The number of nitrogens with two attached hydrogens (primary N) is 1. The van der Waals surface area contributed by atoms with Gasteiger partial charge in [0.1, 0.15) is 5.82 Å². The molecular formula is C16H23FN2S2. The maximum Gasteiger partial charge on any atom is 0.132 e. The third-order valence-electron chi connectivity index (χ3n) is 3.89. The lowest BCUT2D eigenvalue weighted by Gasteiger charge is -2.27. The molecule has 116 valence electrons. The van der Waals surface area contributed by atoms with E-state index < -0.39 is 0 Å². The lowest BCUT2D eigenvalue weighted by atomic mass is 10.1. The van der Waals surface area contributed by atoms with Gasteiger partial charge in [-0.05, 0) is 37.4 Å². The van der Waals surface area contributed by atoms with Gasteiger partial charge in [0.05, 0.1) is 0 Å². The molecule has 2 rings (SSSR count). The molecule has 0 fully saturated rings. The van der Waals surface area contributed by atoms with Crippen molar-refractivity contribution >= 4 is 33.2 Å². The predicted molar refractivity (Wildman–Crippen MR) is 93.6 cm³/mol. The zero-order valence-electron chi connectivity index (χ0n) is 12.9. The molecule has 0 saturated carbocycles. The van der Waals surface area contributed by atoms with E-state index in [2.05, 4.69) is 25.1 Å². The van der Waals surface area contributed by atoms with Crippen molar-refractivity contribution in [2.45, 2.75) is 32.5 Å². The summed E-state index contributed by atoms with van der Waals surface area (Å²) in [5.74, 6) is 0.958. The van der Waals surface area contributed by atoms with Gasteiger partial charge in [0, 0.05) is 39.8 Å². The van der Waals surface area contributed by atoms with E-state index in [-0.39, 0.29) is 5.82 Å². The van der Waals surface area contributed by atoms with Crippen molar-refractivity contribution in [1.82, 2.24) is 4.90 Å². The Morgan fingerprint density at radius 1 is 1.43 bits per heavy atom. The average Bonchev–Trinajstić information content (AvgIpc) is 2.83. The van der Waals surface area contributed by atoms with Crippen LogP contribution in [-0.4, -0.2) is 30.0 Å². The molecule has 21 heavy (non-hydrogen) atoms. The van der Waals surface area contributed by atoms with Gasteiger partial charge < -0.3 is 5.73 Å². The molecule has 0 amide bonds. The Bertz CT molecular complexity index is 597. The Labute approximate surface area is 134 Å². The minimum absolute atomic E-state index is 0.134. The van der Waals surface area contributed by atoms with Gasteiger partial charge in [-0.1, -0.05) is 13.0 Å². The fraction of sp³-hybridized carbons (Fsp3) is 0.500. The summed E-state index contributed by atoms with van der Waals surface area (Å²) in [6.45, 7) is 3.43. The Morgan fingerprint density at radius 2 is 2.19 bits per heavy atom. The molecule has 0 spiro atoms. The Balaban J connectivity index is 2.36. The molecule has 2 nitrogen and oxygen atoms in total.